The molecule has 0 saturated heterocycles. The summed E-state index contributed by atoms with van der Waals surface area (Å²) in [5.41, 5.74) is 3.35. The van der Waals surface area contributed by atoms with Gasteiger partial charge in [-0.15, -0.1) is 0 Å². The van der Waals surface area contributed by atoms with E-state index < -0.39 is 5.97 Å². The molecule has 0 aliphatic rings. The first-order valence-corrected chi connectivity index (χ1v) is 8.80. The fourth-order valence-electron chi connectivity index (χ4n) is 2.48. The molecule has 2 N–H and O–H groups in total. The largest absolute Gasteiger partial charge is 0.462 e. The van der Waals surface area contributed by atoms with Crippen molar-refractivity contribution in [2.75, 3.05) is 11.9 Å². The molecule has 0 radical (unpaired) electrons. The molecule has 0 spiro atoms. The maximum absolute atomic E-state index is 11.9. The molecule has 0 fully saturated rings. The Morgan fingerprint density at radius 2 is 2.00 bits per heavy atom. The molecule has 0 heterocycles. The number of thiocarbonyl (C=S) groups is 1. The van der Waals surface area contributed by atoms with E-state index in [2.05, 4.69) is 29.7 Å². The van der Waals surface area contributed by atoms with E-state index in [1.165, 1.54) is 11.1 Å². The molecule has 0 amide bonds. The van der Waals surface area contributed by atoms with Gasteiger partial charge < -0.3 is 15.4 Å². The first kappa shape index (κ1) is 19.2. The standard InChI is InChI=1S/C19H21ClN2O2S/c1-4-24-18(23)16-11-14(9-10-17(16)20)22-19(25)21-13(3)15-8-6-5-7-12(15)2/h5-11,13H,4H2,1-3H3,(H2,21,22,25)/t13-/m1/s1. The number of rotatable bonds is 5. The van der Waals surface area contributed by atoms with Crippen LogP contribution < -0.4 is 10.6 Å². The maximum Gasteiger partial charge on any atom is 0.339 e. The van der Waals surface area contributed by atoms with Crippen molar-refractivity contribution in [1.82, 2.24) is 5.32 Å². The third-order valence-corrected chi connectivity index (χ3v) is 4.27. The van der Waals surface area contributed by atoms with E-state index in [9.17, 15) is 4.79 Å². The van der Waals surface area contributed by atoms with E-state index >= 15 is 0 Å². The number of aryl methyl sites for hydroxylation is 1. The number of hydrogen-bond acceptors (Lipinski definition) is 3. The number of nitrogens with one attached hydrogen (secondary N) is 2. The number of halogens is 1. The minimum absolute atomic E-state index is 0.0537. The highest BCUT2D eigenvalue weighted by molar-refractivity contribution is 7.80. The van der Waals surface area contributed by atoms with E-state index in [-0.39, 0.29) is 6.04 Å². The predicted molar refractivity (Wildman–Crippen MR) is 106 cm³/mol. The Balaban J connectivity index is 2.07. The van der Waals surface area contributed by atoms with E-state index in [4.69, 9.17) is 28.6 Å². The second-order valence-corrected chi connectivity index (χ2v) is 6.41. The van der Waals surface area contributed by atoms with E-state index in [1.54, 1.807) is 25.1 Å². The van der Waals surface area contributed by atoms with Crippen LogP contribution in [0.5, 0.6) is 0 Å². The zero-order chi connectivity index (χ0) is 18.4. The van der Waals surface area contributed by atoms with Gasteiger partial charge in [0, 0.05) is 5.69 Å². The smallest absolute Gasteiger partial charge is 0.339 e. The van der Waals surface area contributed by atoms with Crippen LogP contribution in [0.1, 0.15) is 41.4 Å². The molecular weight excluding hydrogens is 356 g/mol. The first-order valence-electron chi connectivity index (χ1n) is 8.02. The summed E-state index contributed by atoms with van der Waals surface area (Å²) in [6.45, 7) is 6.15. The second kappa shape index (κ2) is 8.83. The van der Waals surface area contributed by atoms with Crippen LogP contribution in [0.2, 0.25) is 5.02 Å². The van der Waals surface area contributed by atoms with Gasteiger partial charge in [-0.2, -0.15) is 0 Å². The fourth-order valence-corrected chi connectivity index (χ4v) is 2.97. The minimum Gasteiger partial charge on any atom is -0.462 e. The number of anilines is 1. The SMILES string of the molecule is CCOC(=O)c1cc(NC(=S)N[C@H](C)c2ccccc2C)ccc1Cl. The molecule has 6 heteroatoms. The molecule has 1 atom stereocenters. The van der Waals surface area contributed by atoms with Crippen molar-refractivity contribution in [2.45, 2.75) is 26.8 Å². The van der Waals surface area contributed by atoms with Gasteiger partial charge in [-0.25, -0.2) is 4.79 Å². The van der Waals surface area contributed by atoms with Crippen LogP contribution in [-0.4, -0.2) is 17.7 Å². The number of carbonyl (C=O) groups is 1. The van der Waals surface area contributed by atoms with Crippen molar-refractivity contribution >= 4 is 40.6 Å². The summed E-state index contributed by atoms with van der Waals surface area (Å²) >= 11 is 11.4. The number of ether oxygens (including phenoxy) is 1. The summed E-state index contributed by atoms with van der Waals surface area (Å²) in [6.07, 6.45) is 0. The average Bonchev–Trinajstić information content (AvgIpc) is 2.57. The van der Waals surface area contributed by atoms with Gasteiger partial charge in [-0.1, -0.05) is 35.9 Å². The Kier molecular flexibility index (Phi) is 6.79. The lowest BCUT2D eigenvalue weighted by atomic mass is 10.0. The molecule has 132 valence electrons. The topological polar surface area (TPSA) is 50.4 Å². The molecule has 2 aromatic carbocycles. The van der Waals surface area contributed by atoms with Gasteiger partial charge in [-0.05, 0) is 62.3 Å². The van der Waals surface area contributed by atoms with Crippen molar-refractivity contribution < 1.29 is 9.53 Å². The van der Waals surface area contributed by atoms with E-state index in [0.29, 0.717) is 28.0 Å². The highest BCUT2D eigenvalue weighted by atomic mass is 35.5. The van der Waals surface area contributed by atoms with Gasteiger partial charge in [0.2, 0.25) is 0 Å². The van der Waals surface area contributed by atoms with Crippen molar-refractivity contribution in [3.63, 3.8) is 0 Å². The Morgan fingerprint density at radius 3 is 2.68 bits per heavy atom. The van der Waals surface area contributed by atoms with Crippen LogP contribution in [0.25, 0.3) is 0 Å². The normalized spacial score (nSPS) is 11.5. The summed E-state index contributed by atoms with van der Waals surface area (Å²) < 4.78 is 5.00. The second-order valence-electron chi connectivity index (χ2n) is 5.59. The van der Waals surface area contributed by atoms with Gasteiger partial charge in [0.1, 0.15) is 0 Å². The van der Waals surface area contributed by atoms with Gasteiger partial charge >= 0.3 is 5.97 Å². The Hall–Kier alpha value is -2.11. The number of benzene rings is 2. The van der Waals surface area contributed by atoms with Gasteiger partial charge in [-0.3, -0.25) is 0 Å². The molecule has 0 aliphatic carbocycles. The molecule has 25 heavy (non-hydrogen) atoms. The van der Waals surface area contributed by atoms with Gasteiger partial charge in [0.05, 0.1) is 23.2 Å². The molecule has 0 bridgehead atoms. The van der Waals surface area contributed by atoms with Crippen LogP contribution in [0.3, 0.4) is 0 Å². The highest BCUT2D eigenvalue weighted by Crippen LogP contribution is 2.22. The van der Waals surface area contributed by atoms with Crippen molar-refractivity contribution in [3.05, 3.63) is 64.2 Å². The summed E-state index contributed by atoms with van der Waals surface area (Å²) in [5.74, 6) is -0.455. The van der Waals surface area contributed by atoms with E-state index in [1.807, 2.05) is 19.1 Å². The molecule has 2 rings (SSSR count). The summed E-state index contributed by atoms with van der Waals surface area (Å²) in [6, 6.07) is 13.2. The van der Waals surface area contributed by atoms with Crippen LogP contribution in [0.15, 0.2) is 42.5 Å². The predicted octanol–water partition coefficient (Wildman–Crippen LogP) is 4.87. The average molecular weight is 377 g/mol. The molecule has 0 aliphatic heterocycles. The Labute approximate surface area is 158 Å². The summed E-state index contributed by atoms with van der Waals surface area (Å²) in [5, 5.41) is 7.13. The Bertz CT molecular complexity index is 780. The highest BCUT2D eigenvalue weighted by Gasteiger charge is 2.14. The van der Waals surface area contributed by atoms with Crippen LogP contribution in [-0.2, 0) is 4.74 Å². The molecule has 4 nitrogen and oxygen atoms in total. The first-order chi connectivity index (χ1) is 11.9. The quantitative estimate of drug-likeness (QED) is 0.575. The summed E-state index contributed by atoms with van der Waals surface area (Å²) in [7, 11) is 0. The van der Waals surface area contributed by atoms with E-state index in [0.717, 1.165) is 0 Å². The van der Waals surface area contributed by atoms with Crippen LogP contribution >= 0.6 is 23.8 Å². The van der Waals surface area contributed by atoms with Crippen LogP contribution in [0, 0.1) is 6.92 Å². The van der Waals surface area contributed by atoms with Crippen LogP contribution in [0.4, 0.5) is 5.69 Å². The number of carbonyl (C=O) groups excluding carboxylic acids is 1. The van der Waals surface area contributed by atoms with Crippen molar-refractivity contribution in [3.8, 4) is 0 Å². The lowest BCUT2D eigenvalue weighted by Gasteiger charge is -2.19. The lowest BCUT2D eigenvalue weighted by molar-refractivity contribution is 0.0526. The Morgan fingerprint density at radius 1 is 1.28 bits per heavy atom. The fraction of sp³-hybridized carbons (Fsp3) is 0.263. The van der Waals surface area contributed by atoms with Gasteiger partial charge in [0.15, 0.2) is 5.11 Å². The molecule has 0 unspecified atom stereocenters. The minimum atomic E-state index is -0.455. The number of hydrogen-bond donors (Lipinski definition) is 2. The molecule has 0 saturated carbocycles. The molecular formula is C19H21ClN2O2S. The van der Waals surface area contributed by atoms with Crippen molar-refractivity contribution in [2.24, 2.45) is 0 Å². The monoisotopic (exact) mass is 376 g/mol. The van der Waals surface area contributed by atoms with Gasteiger partial charge in [0.25, 0.3) is 0 Å². The third-order valence-electron chi connectivity index (χ3n) is 3.72. The number of esters is 1. The molecule has 0 aromatic heterocycles. The molecule has 2 aromatic rings. The zero-order valence-corrected chi connectivity index (χ0v) is 16.0. The third kappa shape index (κ3) is 5.18. The van der Waals surface area contributed by atoms with Crippen molar-refractivity contribution in [1.29, 1.82) is 0 Å². The summed E-state index contributed by atoms with van der Waals surface area (Å²) in [4.78, 5) is 11.9. The maximum atomic E-state index is 11.9. The lowest BCUT2D eigenvalue weighted by Crippen LogP contribution is -2.31. The zero-order valence-electron chi connectivity index (χ0n) is 14.4.